The van der Waals surface area contributed by atoms with E-state index in [1.165, 1.54) is 5.56 Å². The number of piperazine rings is 2. The fourth-order valence-electron chi connectivity index (χ4n) is 3.71. The van der Waals surface area contributed by atoms with Crippen molar-refractivity contribution in [2.75, 3.05) is 73.1 Å². The van der Waals surface area contributed by atoms with Crippen LogP contribution in [0, 0.1) is 0 Å². The normalized spacial score (nSPS) is 19.1. The van der Waals surface area contributed by atoms with Gasteiger partial charge >= 0.3 is 0 Å². The summed E-state index contributed by atoms with van der Waals surface area (Å²) in [7, 11) is 3.36. The van der Waals surface area contributed by atoms with E-state index in [0.717, 1.165) is 76.9 Å². The largest absolute Gasteiger partial charge is 0.497 e. The second-order valence-corrected chi connectivity index (χ2v) is 7.22. The molecule has 2 heterocycles. The van der Waals surface area contributed by atoms with Gasteiger partial charge in [0.05, 0.1) is 14.2 Å². The maximum atomic E-state index is 12.3. The van der Waals surface area contributed by atoms with Crippen LogP contribution in [-0.4, -0.2) is 93.7 Å². The van der Waals surface area contributed by atoms with E-state index >= 15 is 0 Å². The summed E-state index contributed by atoms with van der Waals surface area (Å²) in [6, 6.07) is 6.04. The van der Waals surface area contributed by atoms with E-state index in [9.17, 15) is 4.79 Å². The summed E-state index contributed by atoms with van der Waals surface area (Å²) in [5, 5.41) is 3.29. The Labute approximate surface area is 162 Å². The molecule has 0 atom stereocenters. The van der Waals surface area contributed by atoms with Crippen LogP contribution in [0.5, 0.6) is 11.5 Å². The third-order valence-electron chi connectivity index (χ3n) is 5.39. The molecular formula is C20H32N4O3. The molecule has 2 saturated heterocycles. The highest BCUT2D eigenvalue weighted by Gasteiger charge is 2.20. The van der Waals surface area contributed by atoms with Crippen molar-refractivity contribution >= 4 is 5.91 Å². The number of carbonyl (C=O) groups is 1. The molecule has 1 aromatic carbocycles. The van der Waals surface area contributed by atoms with Crippen LogP contribution >= 0.6 is 0 Å². The van der Waals surface area contributed by atoms with Crippen molar-refractivity contribution in [3.05, 3.63) is 23.8 Å². The van der Waals surface area contributed by atoms with Gasteiger partial charge in [-0.3, -0.25) is 9.69 Å². The van der Waals surface area contributed by atoms with Gasteiger partial charge in [0, 0.05) is 77.9 Å². The minimum absolute atomic E-state index is 0.294. The quantitative estimate of drug-likeness (QED) is 0.754. The maximum Gasteiger partial charge on any atom is 0.223 e. The Kier molecular flexibility index (Phi) is 7.32. The minimum Gasteiger partial charge on any atom is -0.497 e. The Morgan fingerprint density at radius 2 is 1.52 bits per heavy atom. The summed E-state index contributed by atoms with van der Waals surface area (Å²) in [6.45, 7) is 9.32. The Bertz CT molecular complexity index is 589. The van der Waals surface area contributed by atoms with Crippen molar-refractivity contribution in [3.63, 3.8) is 0 Å². The zero-order valence-electron chi connectivity index (χ0n) is 16.6. The molecule has 0 saturated carbocycles. The van der Waals surface area contributed by atoms with Crippen molar-refractivity contribution in [2.24, 2.45) is 0 Å². The van der Waals surface area contributed by atoms with Gasteiger partial charge in [-0.05, 0) is 17.7 Å². The molecule has 1 N–H and O–H groups in total. The van der Waals surface area contributed by atoms with Gasteiger partial charge in [-0.1, -0.05) is 0 Å². The lowest BCUT2D eigenvalue weighted by Gasteiger charge is -2.35. The summed E-state index contributed by atoms with van der Waals surface area (Å²) < 4.78 is 10.7. The van der Waals surface area contributed by atoms with Crippen molar-refractivity contribution < 1.29 is 14.3 Å². The highest BCUT2D eigenvalue weighted by atomic mass is 16.5. The molecule has 2 aliphatic heterocycles. The van der Waals surface area contributed by atoms with E-state index in [2.05, 4.69) is 27.2 Å². The Morgan fingerprint density at radius 1 is 0.926 bits per heavy atom. The molecule has 0 bridgehead atoms. The molecule has 1 amide bonds. The van der Waals surface area contributed by atoms with E-state index in [-0.39, 0.29) is 0 Å². The fraction of sp³-hybridized carbons (Fsp3) is 0.650. The standard InChI is InChI=1S/C20H32N4O3/c1-26-18-13-17(14-19(15-18)27-2)16-23-11-9-22(10-12-23)6-3-20(25)24-7-4-21-5-8-24/h13-15,21H,3-12,16H2,1-2H3. The smallest absolute Gasteiger partial charge is 0.223 e. The molecule has 0 aromatic heterocycles. The second kappa shape index (κ2) is 9.92. The molecule has 0 radical (unpaired) electrons. The first-order valence-electron chi connectivity index (χ1n) is 9.83. The van der Waals surface area contributed by atoms with E-state index < -0.39 is 0 Å². The number of methoxy groups -OCH3 is 2. The van der Waals surface area contributed by atoms with Gasteiger partial charge in [0.15, 0.2) is 0 Å². The van der Waals surface area contributed by atoms with Gasteiger partial charge in [0.1, 0.15) is 11.5 Å². The summed E-state index contributed by atoms with van der Waals surface area (Å²) in [5.41, 5.74) is 1.20. The fourth-order valence-corrected chi connectivity index (χ4v) is 3.71. The number of ether oxygens (including phenoxy) is 2. The molecule has 0 spiro atoms. The molecule has 7 nitrogen and oxygen atoms in total. The number of hydrogen-bond donors (Lipinski definition) is 1. The average Bonchev–Trinajstić information content (AvgIpc) is 2.73. The topological polar surface area (TPSA) is 57.3 Å². The molecular weight excluding hydrogens is 344 g/mol. The van der Waals surface area contributed by atoms with Crippen LogP contribution in [0.2, 0.25) is 0 Å². The first-order valence-corrected chi connectivity index (χ1v) is 9.83. The summed E-state index contributed by atoms with van der Waals surface area (Å²) >= 11 is 0. The van der Waals surface area contributed by atoms with E-state index in [1.807, 2.05) is 11.0 Å². The highest BCUT2D eigenvalue weighted by Crippen LogP contribution is 2.23. The van der Waals surface area contributed by atoms with Crippen LogP contribution in [0.1, 0.15) is 12.0 Å². The van der Waals surface area contributed by atoms with Crippen LogP contribution < -0.4 is 14.8 Å². The molecule has 1 aromatic rings. The number of rotatable bonds is 7. The predicted octanol–water partition coefficient (Wildman–Crippen LogP) is 0.643. The summed E-state index contributed by atoms with van der Waals surface area (Å²) in [4.78, 5) is 19.1. The third kappa shape index (κ3) is 5.82. The van der Waals surface area contributed by atoms with Gasteiger partial charge in [-0.2, -0.15) is 0 Å². The van der Waals surface area contributed by atoms with Crippen molar-refractivity contribution in [1.29, 1.82) is 0 Å². The van der Waals surface area contributed by atoms with Gasteiger partial charge in [-0.25, -0.2) is 0 Å². The summed E-state index contributed by atoms with van der Waals surface area (Å²) in [6.07, 6.45) is 0.632. The number of benzene rings is 1. The lowest BCUT2D eigenvalue weighted by Crippen LogP contribution is -2.49. The van der Waals surface area contributed by atoms with E-state index in [0.29, 0.717) is 12.3 Å². The first-order chi connectivity index (χ1) is 13.2. The Hall–Kier alpha value is -1.83. The lowest BCUT2D eigenvalue weighted by molar-refractivity contribution is -0.132. The number of amides is 1. The molecule has 0 unspecified atom stereocenters. The average molecular weight is 377 g/mol. The van der Waals surface area contributed by atoms with Gasteiger partial charge in [0.25, 0.3) is 0 Å². The molecule has 150 valence electrons. The molecule has 2 aliphatic rings. The molecule has 0 aliphatic carbocycles. The van der Waals surface area contributed by atoms with Crippen LogP contribution in [0.15, 0.2) is 18.2 Å². The highest BCUT2D eigenvalue weighted by molar-refractivity contribution is 5.76. The minimum atomic E-state index is 0.294. The number of nitrogens with one attached hydrogen (secondary N) is 1. The Balaban J connectivity index is 1.41. The summed E-state index contributed by atoms with van der Waals surface area (Å²) in [5.74, 6) is 1.95. The van der Waals surface area contributed by atoms with Gasteiger partial charge in [-0.15, -0.1) is 0 Å². The van der Waals surface area contributed by atoms with Crippen molar-refractivity contribution in [2.45, 2.75) is 13.0 Å². The third-order valence-corrected chi connectivity index (χ3v) is 5.39. The second-order valence-electron chi connectivity index (χ2n) is 7.22. The first kappa shape index (κ1) is 19.9. The molecule has 2 fully saturated rings. The van der Waals surface area contributed by atoms with Crippen LogP contribution in [0.3, 0.4) is 0 Å². The van der Waals surface area contributed by atoms with Crippen molar-refractivity contribution in [1.82, 2.24) is 20.0 Å². The van der Waals surface area contributed by atoms with Gasteiger partial charge in [0.2, 0.25) is 5.91 Å². The molecule has 27 heavy (non-hydrogen) atoms. The van der Waals surface area contributed by atoms with Crippen LogP contribution in [0.25, 0.3) is 0 Å². The Morgan fingerprint density at radius 3 is 2.11 bits per heavy atom. The van der Waals surface area contributed by atoms with Gasteiger partial charge < -0.3 is 24.6 Å². The molecule has 7 heteroatoms. The maximum absolute atomic E-state index is 12.3. The number of hydrogen-bond acceptors (Lipinski definition) is 6. The van der Waals surface area contributed by atoms with Crippen LogP contribution in [0.4, 0.5) is 0 Å². The molecule has 3 rings (SSSR count). The monoisotopic (exact) mass is 376 g/mol. The lowest BCUT2D eigenvalue weighted by atomic mass is 10.1. The van der Waals surface area contributed by atoms with E-state index in [4.69, 9.17) is 9.47 Å². The van der Waals surface area contributed by atoms with E-state index in [1.54, 1.807) is 14.2 Å². The predicted molar refractivity (Wildman–Crippen MR) is 105 cm³/mol. The number of nitrogens with zero attached hydrogens (tertiary/aromatic N) is 3. The zero-order valence-corrected chi connectivity index (χ0v) is 16.6. The number of carbonyl (C=O) groups excluding carboxylic acids is 1. The van der Waals surface area contributed by atoms with Crippen molar-refractivity contribution in [3.8, 4) is 11.5 Å². The zero-order chi connectivity index (χ0) is 19.1. The SMILES string of the molecule is COc1cc(CN2CCN(CCC(=O)N3CCNCC3)CC2)cc(OC)c1. The van der Waals surface area contributed by atoms with Crippen LogP contribution in [-0.2, 0) is 11.3 Å².